The quantitative estimate of drug-likeness (QED) is 0.324. The van der Waals surface area contributed by atoms with Gasteiger partial charge in [0.1, 0.15) is 12.4 Å². The Morgan fingerprint density at radius 3 is 2.64 bits per heavy atom. The Bertz CT molecular complexity index is 1670. The SMILES string of the molecule is CNC1Cc2ccc(-c3cnc4c(=O)n(CC5(O)CCN(C(=O)C[C@@H](C(F)F)n6ccc(F)n6)CC5)cnn34)cc2C1. The van der Waals surface area contributed by atoms with Crippen molar-refractivity contribution in [2.24, 2.45) is 0 Å². The maximum absolute atomic E-state index is 13.6. The molecule has 1 fully saturated rings. The number of likely N-dealkylation sites (tertiary alicyclic amines) is 1. The number of benzene rings is 1. The number of rotatable bonds is 8. The monoisotopic (exact) mass is 584 g/mol. The van der Waals surface area contributed by atoms with Gasteiger partial charge >= 0.3 is 0 Å². The minimum absolute atomic E-state index is 0.0595. The summed E-state index contributed by atoms with van der Waals surface area (Å²) in [5, 5.41) is 22.4. The summed E-state index contributed by atoms with van der Waals surface area (Å²) in [5.74, 6) is -1.45. The third-order valence-electron chi connectivity index (χ3n) is 8.44. The molecule has 4 aromatic rings. The van der Waals surface area contributed by atoms with Crippen LogP contribution in [0.3, 0.4) is 0 Å². The molecule has 0 saturated carbocycles. The van der Waals surface area contributed by atoms with E-state index in [1.165, 1.54) is 31.4 Å². The van der Waals surface area contributed by atoms with Gasteiger partial charge in [-0.15, -0.1) is 5.10 Å². The molecule has 0 radical (unpaired) electrons. The van der Waals surface area contributed by atoms with Crippen molar-refractivity contribution in [1.82, 2.24) is 39.2 Å². The molecule has 4 heterocycles. The predicted molar refractivity (Wildman–Crippen MR) is 146 cm³/mol. The topological polar surface area (TPSA) is 123 Å². The smallest absolute Gasteiger partial charge is 0.296 e. The van der Waals surface area contributed by atoms with Gasteiger partial charge in [-0.05, 0) is 49.9 Å². The van der Waals surface area contributed by atoms with Crippen molar-refractivity contribution < 1.29 is 23.1 Å². The van der Waals surface area contributed by atoms with Crippen LogP contribution in [0.25, 0.3) is 16.9 Å². The van der Waals surface area contributed by atoms with Gasteiger partial charge in [0, 0.05) is 37.0 Å². The summed E-state index contributed by atoms with van der Waals surface area (Å²) in [6.07, 6.45) is 2.75. The number of hydrogen-bond acceptors (Lipinski definition) is 7. The number of carbonyl (C=O) groups excluding carboxylic acids is 1. The summed E-state index contributed by atoms with van der Waals surface area (Å²) in [4.78, 5) is 31.8. The zero-order valence-corrected chi connectivity index (χ0v) is 23.0. The van der Waals surface area contributed by atoms with Crippen molar-refractivity contribution in [3.63, 3.8) is 0 Å². The van der Waals surface area contributed by atoms with Crippen molar-refractivity contribution in [3.05, 3.63) is 70.4 Å². The maximum Gasteiger partial charge on any atom is 0.296 e. The normalized spacial score (nSPS) is 19.0. The van der Waals surface area contributed by atoms with Crippen molar-refractivity contribution in [2.75, 3.05) is 20.1 Å². The fraction of sp³-hybridized carbons (Fsp3) is 0.464. The van der Waals surface area contributed by atoms with Crippen molar-refractivity contribution in [1.29, 1.82) is 0 Å². The molecule has 11 nitrogen and oxygen atoms in total. The van der Waals surface area contributed by atoms with Crippen molar-refractivity contribution in [3.8, 4) is 11.3 Å². The van der Waals surface area contributed by atoms with E-state index in [9.17, 15) is 27.9 Å². The average Bonchev–Trinajstić information content (AvgIpc) is 3.71. The van der Waals surface area contributed by atoms with Gasteiger partial charge in [0.25, 0.3) is 12.0 Å². The highest BCUT2D eigenvalue weighted by atomic mass is 19.3. The highest BCUT2D eigenvalue weighted by Gasteiger charge is 2.36. The highest BCUT2D eigenvalue weighted by Crippen LogP contribution is 2.29. The zero-order chi connectivity index (χ0) is 29.6. The summed E-state index contributed by atoms with van der Waals surface area (Å²) in [7, 11) is 1.95. The van der Waals surface area contributed by atoms with Crippen LogP contribution in [0.5, 0.6) is 0 Å². The Hall–Kier alpha value is -4.04. The number of nitrogens with zero attached hydrogens (tertiary/aromatic N) is 7. The van der Waals surface area contributed by atoms with Crippen LogP contribution < -0.4 is 10.9 Å². The molecule has 1 aliphatic carbocycles. The van der Waals surface area contributed by atoms with Crippen LogP contribution in [0, 0.1) is 5.95 Å². The Balaban J connectivity index is 1.13. The lowest BCUT2D eigenvalue weighted by molar-refractivity contribution is -0.138. The molecular weight excluding hydrogens is 553 g/mol. The second-order valence-corrected chi connectivity index (χ2v) is 11.1. The number of carbonyl (C=O) groups is 1. The molecule has 1 unspecified atom stereocenters. The van der Waals surface area contributed by atoms with Crippen LogP contribution in [0.2, 0.25) is 0 Å². The zero-order valence-electron chi connectivity index (χ0n) is 23.0. The lowest BCUT2D eigenvalue weighted by atomic mass is 9.91. The fourth-order valence-corrected chi connectivity index (χ4v) is 5.95. The molecule has 222 valence electrons. The summed E-state index contributed by atoms with van der Waals surface area (Å²) in [6.45, 7) is 0.170. The second kappa shape index (κ2) is 11.0. The van der Waals surface area contributed by atoms with Crippen molar-refractivity contribution in [2.45, 2.75) is 62.8 Å². The van der Waals surface area contributed by atoms with Crippen LogP contribution >= 0.6 is 0 Å². The van der Waals surface area contributed by atoms with E-state index in [1.807, 2.05) is 13.1 Å². The van der Waals surface area contributed by atoms with E-state index < -0.39 is 41.9 Å². The number of amides is 1. The van der Waals surface area contributed by atoms with Crippen LogP contribution in [0.4, 0.5) is 13.2 Å². The Morgan fingerprint density at radius 2 is 1.95 bits per heavy atom. The first-order chi connectivity index (χ1) is 20.1. The molecule has 1 aromatic carbocycles. The van der Waals surface area contributed by atoms with Crippen LogP contribution in [-0.2, 0) is 24.2 Å². The number of fused-ring (bicyclic) bond motifs is 2. The predicted octanol–water partition coefficient (Wildman–Crippen LogP) is 1.83. The number of nitrogens with one attached hydrogen (secondary N) is 1. The van der Waals surface area contributed by atoms with Gasteiger partial charge in [-0.3, -0.25) is 18.8 Å². The number of hydrogen-bond donors (Lipinski definition) is 2. The molecule has 6 rings (SSSR count). The first-order valence-electron chi connectivity index (χ1n) is 13.9. The summed E-state index contributed by atoms with van der Waals surface area (Å²) >= 11 is 0. The van der Waals surface area contributed by atoms with E-state index >= 15 is 0 Å². The number of aromatic nitrogens is 6. The average molecular weight is 585 g/mol. The number of aliphatic hydroxyl groups is 1. The Morgan fingerprint density at radius 1 is 1.19 bits per heavy atom. The third-order valence-corrected chi connectivity index (χ3v) is 8.44. The minimum atomic E-state index is -2.92. The molecule has 14 heteroatoms. The largest absolute Gasteiger partial charge is 0.388 e. The van der Waals surface area contributed by atoms with E-state index in [2.05, 4.69) is 32.6 Å². The second-order valence-electron chi connectivity index (χ2n) is 11.1. The Labute approximate surface area is 238 Å². The van der Waals surface area contributed by atoms with Gasteiger partial charge in [-0.1, -0.05) is 12.1 Å². The van der Waals surface area contributed by atoms with Crippen LogP contribution in [-0.4, -0.2) is 83.1 Å². The van der Waals surface area contributed by atoms with E-state index in [0.717, 1.165) is 35.4 Å². The molecular formula is C28H31F3N8O3. The minimum Gasteiger partial charge on any atom is -0.388 e. The summed E-state index contributed by atoms with van der Waals surface area (Å²) < 4.78 is 43.9. The van der Waals surface area contributed by atoms with Gasteiger partial charge in [-0.2, -0.15) is 9.49 Å². The number of likely N-dealkylation sites (N-methyl/N-ethyl adjacent to an activating group) is 1. The first-order valence-corrected chi connectivity index (χ1v) is 13.9. The van der Waals surface area contributed by atoms with Crippen LogP contribution in [0.15, 0.2) is 47.8 Å². The summed E-state index contributed by atoms with van der Waals surface area (Å²) in [6, 6.07) is 5.97. The highest BCUT2D eigenvalue weighted by molar-refractivity contribution is 5.76. The van der Waals surface area contributed by atoms with E-state index in [-0.39, 0.29) is 38.1 Å². The lowest BCUT2D eigenvalue weighted by Gasteiger charge is -2.38. The van der Waals surface area contributed by atoms with Crippen LogP contribution in [0.1, 0.15) is 36.4 Å². The molecule has 3 aromatic heterocycles. The molecule has 1 amide bonds. The van der Waals surface area contributed by atoms with Gasteiger partial charge in [-0.25, -0.2) is 18.3 Å². The molecule has 2 aliphatic rings. The number of piperidine rings is 1. The maximum atomic E-state index is 13.6. The number of imidazole rings is 1. The molecule has 0 spiro atoms. The molecule has 2 N–H and O–H groups in total. The molecule has 1 saturated heterocycles. The molecule has 42 heavy (non-hydrogen) atoms. The van der Waals surface area contributed by atoms with Gasteiger partial charge < -0.3 is 15.3 Å². The van der Waals surface area contributed by atoms with Crippen molar-refractivity contribution >= 4 is 11.6 Å². The fourth-order valence-electron chi connectivity index (χ4n) is 5.95. The van der Waals surface area contributed by atoms with Gasteiger partial charge in [0.05, 0.1) is 30.5 Å². The molecule has 0 bridgehead atoms. The first kappa shape index (κ1) is 28.1. The number of alkyl halides is 2. The van der Waals surface area contributed by atoms with E-state index in [1.54, 1.807) is 6.20 Å². The Kier molecular flexibility index (Phi) is 7.35. The molecule has 2 atom stereocenters. The van der Waals surface area contributed by atoms with Gasteiger partial charge in [0.15, 0.2) is 0 Å². The summed E-state index contributed by atoms with van der Waals surface area (Å²) in [5.41, 5.74) is 2.55. The van der Waals surface area contributed by atoms with Gasteiger partial charge in [0.2, 0.25) is 17.5 Å². The van der Waals surface area contributed by atoms with E-state index in [0.29, 0.717) is 11.7 Å². The standard InChI is InChI=1S/C28H31F3N8O3/c1-32-20-11-17-2-3-18(10-19(17)12-20)22-14-33-26-27(41)37(16-34-39(22)26)15-28(42)5-8-36(9-6-28)24(40)13-21(25(30)31)38-7-4-23(29)35-38/h2-4,7,10,14,16,20-21,25,32,42H,5-6,8-9,11-13,15H2,1H3/t20?,21-/m0/s1. The lowest BCUT2D eigenvalue weighted by Crippen LogP contribution is -2.50. The van der Waals surface area contributed by atoms with E-state index in [4.69, 9.17) is 0 Å². The molecule has 1 aliphatic heterocycles. The third kappa shape index (κ3) is 5.31. The number of halogens is 3.